The number of carboxylic acids is 3. The maximum Gasteiger partial charge on any atom is 0.327 e. The molecule has 7 N–H and O–H groups in total. The number of carboxylic acid groups (broad SMARTS) is 3. The molecule has 0 radical (unpaired) electrons. The summed E-state index contributed by atoms with van der Waals surface area (Å²) in [7, 11) is 0. The average Bonchev–Trinajstić information content (AvgIpc) is 2.83. The van der Waals surface area contributed by atoms with Gasteiger partial charge in [-0.3, -0.25) is 14.4 Å². The molecule has 0 aliphatic carbocycles. The van der Waals surface area contributed by atoms with E-state index in [0.29, 0.717) is 6.42 Å². The molecule has 11 nitrogen and oxygen atoms in total. The van der Waals surface area contributed by atoms with Gasteiger partial charge in [0.2, 0.25) is 11.8 Å². The first-order valence-electron chi connectivity index (χ1n) is 13.2. The van der Waals surface area contributed by atoms with Crippen LogP contribution in [0, 0.1) is 0 Å². The SMILES string of the molecule is CCCCCCCCCCCCCC(=O)N[C@H](CCC(=O)N[C@H](CSC[C@H](N)C(=O)O)C(=O)O)C(=O)O. The maximum absolute atomic E-state index is 12.2. The first-order valence-corrected chi connectivity index (χ1v) is 14.3. The van der Waals surface area contributed by atoms with Gasteiger partial charge in [-0.15, -0.1) is 0 Å². The topological polar surface area (TPSA) is 196 Å². The van der Waals surface area contributed by atoms with Gasteiger partial charge in [0.15, 0.2) is 0 Å². The van der Waals surface area contributed by atoms with Gasteiger partial charge in [0, 0.05) is 24.3 Å². The highest BCUT2D eigenvalue weighted by Gasteiger charge is 2.24. The molecule has 0 aromatic rings. The molecule has 0 unspecified atom stereocenters. The minimum absolute atomic E-state index is 0.0266. The molecule has 0 saturated carbocycles. The summed E-state index contributed by atoms with van der Waals surface area (Å²) < 4.78 is 0. The van der Waals surface area contributed by atoms with E-state index in [1.54, 1.807) is 0 Å². The summed E-state index contributed by atoms with van der Waals surface area (Å²) in [6.07, 6.45) is 12.3. The van der Waals surface area contributed by atoms with Crippen molar-refractivity contribution in [2.24, 2.45) is 5.73 Å². The Balaban J connectivity index is 4.19. The third-order valence-corrected chi connectivity index (χ3v) is 7.00. The van der Waals surface area contributed by atoms with E-state index in [9.17, 15) is 34.2 Å². The summed E-state index contributed by atoms with van der Waals surface area (Å²) in [5.41, 5.74) is 5.36. The first kappa shape index (κ1) is 34.7. The Kier molecular flexibility index (Phi) is 20.3. The van der Waals surface area contributed by atoms with Crippen LogP contribution in [0.4, 0.5) is 0 Å². The molecular formula is C25H45N3O8S. The quantitative estimate of drug-likeness (QED) is 0.0977. The number of thioether (sulfide) groups is 1. The fourth-order valence-electron chi connectivity index (χ4n) is 3.57. The van der Waals surface area contributed by atoms with Crippen molar-refractivity contribution in [3.63, 3.8) is 0 Å². The van der Waals surface area contributed by atoms with Crippen molar-refractivity contribution in [2.45, 2.75) is 115 Å². The lowest BCUT2D eigenvalue weighted by molar-refractivity contribution is -0.143. The second kappa shape index (κ2) is 21.7. The van der Waals surface area contributed by atoms with Gasteiger partial charge in [0.25, 0.3) is 0 Å². The Morgan fingerprint density at radius 1 is 0.649 bits per heavy atom. The van der Waals surface area contributed by atoms with Gasteiger partial charge in [-0.25, -0.2) is 9.59 Å². The molecule has 0 aliphatic heterocycles. The van der Waals surface area contributed by atoms with Gasteiger partial charge in [-0.2, -0.15) is 11.8 Å². The summed E-state index contributed by atoms with van der Waals surface area (Å²) in [5.74, 6) is -4.98. The fraction of sp³-hybridized carbons (Fsp3) is 0.800. The lowest BCUT2D eigenvalue weighted by Crippen LogP contribution is -2.45. The third kappa shape index (κ3) is 19.4. The normalized spacial score (nSPS) is 13.4. The molecule has 0 fully saturated rings. The Bertz CT molecular complexity index is 707. The summed E-state index contributed by atoms with van der Waals surface area (Å²) >= 11 is 0.971. The van der Waals surface area contributed by atoms with E-state index >= 15 is 0 Å². The largest absolute Gasteiger partial charge is 0.480 e. The van der Waals surface area contributed by atoms with Crippen molar-refractivity contribution in [2.75, 3.05) is 11.5 Å². The van der Waals surface area contributed by atoms with E-state index in [-0.39, 0.29) is 30.8 Å². The zero-order chi connectivity index (χ0) is 28.1. The van der Waals surface area contributed by atoms with Gasteiger partial charge >= 0.3 is 17.9 Å². The predicted molar refractivity (Wildman–Crippen MR) is 142 cm³/mol. The van der Waals surface area contributed by atoms with Crippen LogP contribution in [0.2, 0.25) is 0 Å². The summed E-state index contributed by atoms with van der Waals surface area (Å²) in [5, 5.41) is 32.1. The zero-order valence-corrected chi connectivity index (χ0v) is 22.7. The van der Waals surface area contributed by atoms with Crippen LogP contribution in [-0.2, 0) is 24.0 Å². The molecule has 0 saturated heterocycles. The monoisotopic (exact) mass is 547 g/mol. The fourth-order valence-corrected chi connectivity index (χ4v) is 4.57. The van der Waals surface area contributed by atoms with Gasteiger partial charge in [-0.05, 0) is 12.8 Å². The molecule has 0 aromatic heterocycles. The molecule has 3 atom stereocenters. The van der Waals surface area contributed by atoms with Crippen molar-refractivity contribution in [3.05, 3.63) is 0 Å². The van der Waals surface area contributed by atoms with Crippen LogP contribution in [0.25, 0.3) is 0 Å². The zero-order valence-electron chi connectivity index (χ0n) is 21.9. The van der Waals surface area contributed by atoms with Crippen molar-refractivity contribution in [1.82, 2.24) is 10.6 Å². The maximum atomic E-state index is 12.2. The number of hydrogen-bond acceptors (Lipinski definition) is 7. The van der Waals surface area contributed by atoms with Gasteiger partial charge in [0.1, 0.15) is 18.1 Å². The minimum atomic E-state index is -1.31. The van der Waals surface area contributed by atoms with Crippen molar-refractivity contribution in [3.8, 4) is 0 Å². The van der Waals surface area contributed by atoms with E-state index < -0.39 is 47.8 Å². The van der Waals surface area contributed by atoms with Crippen molar-refractivity contribution in [1.29, 1.82) is 0 Å². The number of nitrogens with one attached hydrogen (secondary N) is 2. The van der Waals surface area contributed by atoms with E-state index in [0.717, 1.165) is 31.0 Å². The average molecular weight is 548 g/mol. The molecule has 214 valence electrons. The summed E-state index contributed by atoms with van der Waals surface area (Å²) in [4.78, 5) is 57.9. The number of carbonyl (C=O) groups excluding carboxylic acids is 2. The smallest absolute Gasteiger partial charge is 0.327 e. The molecule has 0 bridgehead atoms. The molecule has 0 aliphatic rings. The Morgan fingerprint density at radius 3 is 1.59 bits per heavy atom. The number of rotatable bonds is 24. The molecule has 0 rings (SSSR count). The highest BCUT2D eigenvalue weighted by atomic mass is 32.2. The Hall–Kier alpha value is -2.34. The summed E-state index contributed by atoms with van der Waals surface area (Å²) in [6, 6.07) is -3.69. The van der Waals surface area contributed by atoms with Crippen molar-refractivity contribution < 1.29 is 39.3 Å². The van der Waals surface area contributed by atoms with E-state index in [1.807, 2.05) is 0 Å². The minimum Gasteiger partial charge on any atom is -0.480 e. The molecule has 0 aromatic carbocycles. The molecule has 12 heteroatoms. The first-order chi connectivity index (χ1) is 17.6. The van der Waals surface area contributed by atoms with E-state index in [4.69, 9.17) is 10.8 Å². The predicted octanol–water partition coefficient (Wildman–Crippen LogP) is 2.75. The Labute approximate surface area is 223 Å². The number of nitrogens with two attached hydrogens (primary N) is 1. The van der Waals surface area contributed by atoms with Gasteiger partial charge in [0.05, 0.1) is 0 Å². The lowest BCUT2D eigenvalue weighted by atomic mass is 10.0. The van der Waals surface area contributed by atoms with Crippen LogP contribution < -0.4 is 16.4 Å². The lowest BCUT2D eigenvalue weighted by Gasteiger charge is -2.17. The number of aliphatic carboxylic acids is 3. The van der Waals surface area contributed by atoms with Gasteiger partial charge < -0.3 is 31.7 Å². The standard InChI is InChI=1S/C25H45N3O8S/c1-2-3-4-5-6-7-8-9-10-11-12-13-21(29)27-19(24(33)34)14-15-22(30)28-20(25(35)36)17-37-16-18(26)23(31)32/h18-20H,2-17,26H2,1H3,(H,27,29)(H,28,30)(H,31,32)(H,33,34)(H,35,36)/t18-,19+,20+/m0/s1. The van der Waals surface area contributed by atoms with Gasteiger partial charge in [-0.1, -0.05) is 71.1 Å². The van der Waals surface area contributed by atoms with E-state index in [2.05, 4.69) is 17.6 Å². The highest BCUT2D eigenvalue weighted by Crippen LogP contribution is 2.12. The van der Waals surface area contributed by atoms with Crippen molar-refractivity contribution >= 4 is 41.5 Å². The summed E-state index contributed by atoms with van der Waals surface area (Å²) in [6.45, 7) is 2.20. The van der Waals surface area contributed by atoms with E-state index in [1.165, 1.54) is 44.9 Å². The van der Waals surface area contributed by atoms with Crippen LogP contribution in [0.1, 0.15) is 96.8 Å². The molecule has 37 heavy (non-hydrogen) atoms. The number of carbonyl (C=O) groups is 5. The van der Waals surface area contributed by atoms with Crippen LogP contribution in [0.5, 0.6) is 0 Å². The van der Waals surface area contributed by atoms with Crippen LogP contribution >= 0.6 is 11.8 Å². The molecule has 2 amide bonds. The number of unbranched alkanes of at least 4 members (excludes halogenated alkanes) is 10. The second-order valence-electron chi connectivity index (χ2n) is 9.22. The van der Waals surface area contributed by atoms with Crippen LogP contribution in [0.3, 0.4) is 0 Å². The number of hydrogen-bond donors (Lipinski definition) is 6. The molecule has 0 spiro atoms. The molecule has 0 heterocycles. The molecular weight excluding hydrogens is 502 g/mol. The Morgan fingerprint density at radius 2 is 1.11 bits per heavy atom. The highest BCUT2D eigenvalue weighted by molar-refractivity contribution is 7.99. The second-order valence-corrected chi connectivity index (χ2v) is 10.3. The van der Waals surface area contributed by atoms with Crippen LogP contribution in [0.15, 0.2) is 0 Å². The number of amides is 2. The van der Waals surface area contributed by atoms with Crippen LogP contribution in [-0.4, -0.2) is 74.7 Å². The third-order valence-electron chi connectivity index (χ3n) is 5.83.